The molecule has 3 fully saturated rings. The van der Waals surface area contributed by atoms with E-state index in [1.165, 1.54) is 0 Å². The molecule has 0 spiro atoms. The minimum Gasteiger partial charge on any atom is -0.504 e. The molecule has 3 atom stereocenters. The van der Waals surface area contributed by atoms with Crippen molar-refractivity contribution >= 4 is 34.9 Å². The van der Waals surface area contributed by atoms with E-state index >= 15 is 0 Å². The molecule has 3 N–H and O–H groups in total. The summed E-state index contributed by atoms with van der Waals surface area (Å²) in [6.45, 7) is 5.55. The van der Waals surface area contributed by atoms with Crippen molar-refractivity contribution in [2.75, 3.05) is 54.4 Å². The van der Waals surface area contributed by atoms with Crippen LogP contribution in [0.5, 0.6) is 11.6 Å². The van der Waals surface area contributed by atoms with E-state index in [1.54, 1.807) is 11.0 Å². The molecule has 3 amide bonds. The number of carbonyl (C=O) groups is 3. The van der Waals surface area contributed by atoms with Crippen LogP contribution in [0, 0.1) is 11.6 Å². The average Bonchev–Trinajstić information content (AvgIpc) is 3.74. The highest BCUT2D eigenvalue weighted by Gasteiger charge is 2.40. The van der Waals surface area contributed by atoms with Gasteiger partial charge in [-0.25, -0.2) is 13.8 Å². The second kappa shape index (κ2) is 13.5. The van der Waals surface area contributed by atoms with Gasteiger partial charge in [0.05, 0.1) is 24.0 Å². The Hall–Kier alpha value is -5.90. The third kappa shape index (κ3) is 6.29. The van der Waals surface area contributed by atoms with E-state index in [2.05, 4.69) is 40.5 Å². The van der Waals surface area contributed by atoms with Crippen molar-refractivity contribution in [2.45, 2.75) is 50.5 Å². The molecule has 0 bridgehead atoms. The molecule has 4 aromatic rings. The van der Waals surface area contributed by atoms with Crippen molar-refractivity contribution in [1.29, 1.82) is 0 Å². The molecule has 9 rings (SSSR count). The lowest BCUT2D eigenvalue weighted by Gasteiger charge is -2.36. The predicted molar refractivity (Wildman–Crippen MR) is 192 cm³/mol. The number of pyridine rings is 1. The van der Waals surface area contributed by atoms with Crippen molar-refractivity contribution in [1.82, 2.24) is 30.3 Å². The topological polar surface area (TPSA) is 156 Å². The number of carbonyl (C=O) groups excluding carboxylic acids is 3. The number of rotatable bonds is 7. The van der Waals surface area contributed by atoms with Gasteiger partial charge >= 0.3 is 0 Å². The molecule has 16 heteroatoms. The molecule has 3 saturated heterocycles. The molecule has 5 aliphatic rings. The number of aromatic nitrogens is 3. The number of piperidine rings is 1. The largest absolute Gasteiger partial charge is 0.504 e. The Balaban J connectivity index is 0.784. The minimum atomic E-state index is -1.06. The van der Waals surface area contributed by atoms with Gasteiger partial charge < -0.3 is 29.9 Å². The van der Waals surface area contributed by atoms with Crippen molar-refractivity contribution in [2.24, 2.45) is 0 Å². The summed E-state index contributed by atoms with van der Waals surface area (Å²) in [5.74, 6) is -2.36. The van der Waals surface area contributed by atoms with Gasteiger partial charge in [-0.2, -0.15) is 0 Å². The molecule has 278 valence electrons. The van der Waals surface area contributed by atoms with Gasteiger partial charge in [0.15, 0.2) is 17.4 Å². The Labute approximate surface area is 308 Å². The molecule has 1 unspecified atom stereocenters. The van der Waals surface area contributed by atoms with E-state index in [1.807, 2.05) is 36.5 Å². The van der Waals surface area contributed by atoms with Crippen LogP contribution in [0.2, 0.25) is 0 Å². The fourth-order valence-electron chi connectivity index (χ4n) is 8.19. The van der Waals surface area contributed by atoms with Crippen LogP contribution in [0.25, 0.3) is 11.3 Å². The van der Waals surface area contributed by atoms with E-state index in [0.717, 1.165) is 67.7 Å². The lowest BCUT2D eigenvalue weighted by molar-refractivity contribution is -0.136. The van der Waals surface area contributed by atoms with Gasteiger partial charge in [-0.05, 0) is 41.8 Å². The second-order valence-corrected chi connectivity index (χ2v) is 14.4. The maximum Gasteiger partial charge on any atom is 0.255 e. The van der Waals surface area contributed by atoms with Crippen molar-refractivity contribution in [3.63, 3.8) is 0 Å². The Kier molecular flexibility index (Phi) is 8.48. The molecule has 0 saturated carbocycles. The van der Waals surface area contributed by atoms with E-state index in [-0.39, 0.29) is 41.6 Å². The molecular formula is C38H37F2N9O5. The summed E-state index contributed by atoms with van der Waals surface area (Å²) in [5.41, 5.74) is 4.37. The molecule has 5 aliphatic heterocycles. The normalized spacial score (nSPS) is 22.4. The number of benzene rings is 2. The van der Waals surface area contributed by atoms with Gasteiger partial charge in [-0.15, -0.1) is 10.2 Å². The quantitative estimate of drug-likeness (QED) is 0.239. The van der Waals surface area contributed by atoms with E-state index < -0.39 is 29.3 Å². The summed E-state index contributed by atoms with van der Waals surface area (Å²) in [4.78, 5) is 50.3. The molecule has 0 aliphatic carbocycles. The van der Waals surface area contributed by atoms with Crippen molar-refractivity contribution in [3.8, 4) is 22.9 Å². The number of ether oxygens (including phenoxy) is 1. The van der Waals surface area contributed by atoms with Gasteiger partial charge in [0, 0.05) is 93.8 Å². The number of aromatic hydroxyl groups is 1. The Bertz CT molecular complexity index is 2160. The van der Waals surface area contributed by atoms with Crippen LogP contribution in [-0.2, 0) is 22.7 Å². The van der Waals surface area contributed by atoms with Gasteiger partial charge in [0.25, 0.3) is 5.91 Å². The van der Waals surface area contributed by atoms with Crippen LogP contribution in [0.3, 0.4) is 0 Å². The first-order valence-electron chi connectivity index (χ1n) is 18.1. The number of phenols is 1. The van der Waals surface area contributed by atoms with E-state index in [4.69, 9.17) is 4.74 Å². The zero-order valence-corrected chi connectivity index (χ0v) is 29.2. The zero-order chi connectivity index (χ0) is 37.1. The Morgan fingerprint density at radius 2 is 1.80 bits per heavy atom. The summed E-state index contributed by atoms with van der Waals surface area (Å²) < 4.78 is 34.3. The first kappa shape index (κ1) is 33.9. The number of hydrogen-bond donors (Lipinski definition) is 3. The lowest BCUT2D eigenvalue weighted by Crippen LogP contribution is -2.52. The fraction of sp³-hybridized carbons (Fsp3) is 0.368. The molecule has 7 heterocycles. The van der Waals surface area contributed by atoms with Crippen molar-refractivity contribution in [3.05, 3.63) is 83.1 Å². The van der Waals surface area contributed by atoms with Crippen LogP contribution in [0.1, 0.15) is 40.7 Å². The molecular weight excluding hydrogens is 700 g/mol. The maximum atomic E-state index is 14.1. The highest BCUT2D eigenvalue weighted by atomic mass is 19.1. The number of halogens is 2. The zero-order valence-electron chi connectivity index (χ0n) is 29.2. The summed E-state index contributed by atoms with van der Waals surface area (Å²) in [6.07, 6.45) is 2.99. The number of hydrogen-bond acceptors (Lipinski definition) is 12. The third-order valence-corrected chi connectivity index (χ3v) is 11.0. The Morgan fingerprint density at radius 1 is 0.944 bits per heavy atom. The van der Waals surface area contributed by atoms with Crippen LogP contribution in [-0.4, -0.2) is 105 Å². The predicted octanol–water partition coefficient (Wildman–Crippen LogP) is 3.06. The average molecular weight is 738 g/mol. The Morgan fingerprint density at radius 3 is 2.59 bits per heavy atom. The minimum absolute atomic E-state index is 0.0681. The standard InChI is InChI=1S/C38H37F2N9O5/c39-23-11-28(35(51)29(40)12-23)30-15-32-36(45-44-30)42-17-25-13-26(20-48(25)32)54-34-6-1-21(16-41-34)18-46-7-9-47(10-8-46)24-3-2-22-19-49(38(53)27(22)14-24)31-4-5-33(50)43-37(31)52/h1-3,6,11-12,14-16,25-26,31,51H,4-5,7-10,13,17-20H2,(H,42,45)(H,43,50,52)/t25-,26-,31?/m1/s1. The van der Waals surface area contributed by atoms with Gasteiger partial charge in [0.1, 0.15) is 18.0 Å². The summed E-state index contributed by atoms with van der Waals surface area (Å²) >= 11 is 0. The first-order chi connectivity index (χ1) is 26.2. The smallest absolute Gasteiger partial charge is 0.255 e. The van der Waals surface area contributed by atoms with Gasteiger partial charge in [-0.1, -0.05) is 12.1 Å². The summed E-state index contributed by atoms with van der Waals surface area (Å²) in [5, 5.41) is 24.2. The molecule has 2 aromatic heterocycles. The monoisotopic (exact) mass is 737 g/mol. The molecule has 2 aromatic carbocycles. The van der Waals surface area contributed by atoms with Gasteiger partial charge in [-0.3, -0.25) is 24.6 Å². The summed E-state index contributed by atoms with van der Waals surface area (Å²) in [7, 11) is 0. The molecule has 0 radical (unpaired) electrons. The van der Waals surface area contributed by atoms with Crippen LogP contribution >= 0.6 is 0 Å². The molecule has 14 nitrogen and oxygen atoms in total. The second-order valence-electron chi connectivity index (χ2n) is 14.4. The SMILES string of the molecule is O=C1CCC(N2Cc3ccc(N4CCN(Cc5ccc(O[C@@H]6C[C@@H]7CNc8nnc(-c9cc(F)cc(F)c9O)cc8N7C6)nc5)CC4)cc3C2=O)C(=O)N1. The number of anilines is 3. The number of imide groups is 1. The number of nitrogens with one attached hydrogen (secondary N) is 2. The number of piperazine rings is 1. The number of nitrogens with zero attached hydrogens (tertiary/aromatic N) is 7. The van der Waals surface area contributed by atoms with E-state index in [9.17, 15) is 28.3 Å². The number of phenolic OH excluding ortho intramolecular Hbond substituents is 1. The lowest BCUT2D eigenvalue weighted by atomic mass is 10.0. The van der Waals surface area contributed by atoms with Crippen molar-refractivity contribution < 1.29 is 33.0 Å². The van der Waals surface area contributed by atoms with Gasteiger partial charge in [0.2, 0.25) is 17.7 Å². The fourth-order valence-corrected chi connectivity index (χ4v) is 8.19. The third-order valence-electron chi connectivity index (χ3n) is 11.0. The maximum absolute atomic E-state index is 14.1. The number of fused-ring (bicyclic) bond motifs is 4. The first-order valence-corrected chi connectivity index (χ1v) is 18.1. The summed E-state index contributed by atoms with van der Waals surface area (Å²) in [6, 6.07) is 12.7. The number of amides is 3. The van der Waals surface area contributed by atoms with Crippen LogP contribution in [0.15, 0.2) is 54.7 Å². The van der Waals surface area contributed by atoms with E-state index in [0.29, 0.717) is 49.4 Å². The highest BCUT2D eigenvalue weighted by molar-refractivity contribution is 6.05. The van der Waals surface area contributed by atoms with Crippen LogP contribution < -0.4 is 25.2 Å². The highest BCUT2D eigenvalue weighted by Crippen LogP contribution is 2.40. The molecule has 54 heavy (non-hydrogen) atoms. The van der Waals surface area contributed by atoms with Crippen LogP contribution in [0.4, 0.5) is 26.0 Å².